The minimum Gasteiger partial charge on any atom is -0.388 e. The lowest BCUT2D eigenvalue weighted by Gasteiger charge is -2.35. The van der Waals surface area contributed by atoms with E-state index in [0.29, 0.717) is 44.3 Å². The molecule has 1 aromatic heterocycles. The van der Waals surface area contributed by atoms with Crippen LogP contribution in [0.5, 0.6) is 0 Å². The van der Waals surface area contributed by atoms with Crippen LogP contribution in [0.4, 0.5) is 0 Å². The fourth-order valence-electron chi connectivity index (χ4n) is 2.28. The summed E-state index contributed by atoms with van der Waals surface area (Å²) in [5, 5.41) is 11.0. The highest BCUT2D eigenvalue weighted by molar-refractivity contribution is 6.29. The van der Waals surface area contributed by atoms with Crippen LogP contribution >= 0.6 is 11.6 Å². The Balaban J connectivity index is 1.92. The Morgan fingerprint density at radius 3 is 2.78 bits per heavy atom. The zero-order valence-electron chi connectivity index (χ0n) is 10.9. The predicted molar refractivity (Wildman–Crippen MR) is 69.6 cm³/mol. The SMILES string of the molecule is CN(Cc1ncc(Cl)n1C)CC1(O)CCOCC1. The normalized spacial score (nSPS) is 19.4. The Bertz CT molecular complexity index is 402. The zero-order chi connectivity index (χ0) is 13.2. The van der Waals surface area contributed by atoms with Crippen LogP contribution in [0, 0.1) is 0 Å². The Labute approximate surface area is 112 Å². The first-order valence-corrected chi connectivity index (χ1v) is 6.53. The van der Waals surface area contributed by atoms with Gasteiger partial charge in [-0.2, -0.15) is 0 Å². The van der Waals surface area contributed by atoms with E-state index in [1.165, 1.54) is 0 Å². The monoisotopic (exact) mass is 273 g/mol. The van der Waals surface area contributed by atoms with Crippen LogP contribution < -0.4 is 0 Å². The number of aromatic nitrogens is 2. The largest absolute Gasteiger partial charge is 0.388 e. The maximum atomic E-state index is 10.4. The Morgan fingerprint density at radius 2 is 2.22 bits per heavy atom. The molecule has 1 fully saturated rings. The molecular formula is C12H20ClN3O2. The van der Waals surface area contributed by atoms with Crippen LogP contribution in [-0.2, 0) is 18.3 Å². The zero-order valence-corrected chi connectivity index (χ0v) is 11.7. The van der Waals surface area contributed by atoms with Gasteiger partial charge in [-0.25, -0.2) is 4.98 Å². The van der Waals surface area contributed by atoms with Gasteiger partial charge in [-0.15, -0.1) is 0 Å². The highest BCUT2D eigenvalue weighted by Crippen LogP contribution is 2.22. The van der Waals surface area contributed by atoms with E-state index in [4.69, 9.17) is 16.3 Å². The Kier molecular flexibility index (Phi) is 4.27. The van der Waals surface area contributed by atoms with Gasteiger partial charge < -0.3 is 14.4 Å². The first-order valence-electron chi connectivity index (χ1n) is 6.15. The lowest BCUT2D eigenvalue weighted by Crippen LogP contribution is -2.45. The molecule has 1 N–H and O–H groups in total. The molecule has 0 aliphatic carbocycles. The number of likely N-dealkylation sites (N-methyl/N-ethyl adjacent to an activating group) is 1. The summed E-state index contributed by atoms with van der Waals surface area (Å²) in [6.07, 6.45) is 3.03. The fourth-order valence-corrected chi connectivity index (χ4v) is 2.43. The minimum absolute atomic E-state index is 0.626. The summed E-state index contributed by atoms with van der Waals surface area (Å²) < 4.78 is 7.13. The molecule has 5 nitrogen and oxygen atoms in total. The van der Waals surface area contributed by atoms with Gasteiger partial charge >= 0.3 is 0 Å². The minimum atomic E-state index is -0.637. The van der Waals surface area contributed by atoms with Crippen molar-refractivity contribution in [1.82, 2.24) is 14.5 Å². The number of hydrogen-bond donors (Lipinski definition) is 1. The van der Waals surface area contributed by atoms with E-state index in [1.54, 1.807) is 6.20 Å². The molecule has 18 heavy (non-hydrogen) atoms. The van der Waals surface area contributed by atoms with Gasteiger partial charge in [0.25, 0.3) is 0 Å². The van der Waals surface area contributed by atoms with E-state index in [0.717, 1.165) is 5.82 Å². The summed E-state index contributed by atoms with van der Waals surface area (Å²) in [5.74, 6) is 0.901. The lowest BCUT2D eigenvalue weighted by molar-refractivity contribution is -0.0780. The van der Waals surface area contributed by atoms with Gasteiger partial charge in [0, 0.05) is 39.6 Å². The molecule has 0 radical (unpaired) electrons. The summed E-state index contributed by atoms with van der Waals surface area (Å²) in [4.78, 5) is 6.33. The molecule has 1 saturated heterocycles. The molecule has 0 spiro atoms. The van der Waals surface area contributed by atoms with E-state index in [2.05, 4.69) is 9.88 Å². The maximum Gasteiger partial charge on any atom is 0.128 e. The molecular weight excluding hydrogens is 254 g/mol. The van der Waals surface area contributed by atoms with Crippen LogP contribution in [0.25, 0.3) is 0 Å². The molecule has 0 amide bonds. The van der Waals surface area contributed by atoms with Gasteiger partial charge in [0.15, 0.2) is 0 Å². The number of imidazole rings is 1. The van der Waals surface area contributed by atoms with Crippen molar-refractivity contribution in [2.24, 2.45) is 7.05 Å². The van der Waals surface area contributed by atoms with Gasteiger partial charge in [-0.3, -0.25) is 4.90 Å². The molecule has 2 heterocycles. The second-order valence-corrected chi connectivity index (χ2v) is 5.45. The van der Waals surface area contributed by atoms with Crippen molar-refractivity contribution in [3.63, 3.8) is 0 Å². The van der Waals surface area contributed by atoms with Gasteiger partial charge in [-0.1, -0.05) is 11.6 Å². The molecule has 2 rings (SSSR count). The quantitative estimate of drug-likeness (QED) is 0.891. The summed E-state index contributed by atoms with van der Waals surface area (Å²) in [5.41, 5.74) is -0.637. The fraction of sp³-hybridized carbons (Fsp3) is 0.750. The first-order chi connectivity index (χ1) is 8.50. The number of ether oxygens (including phenoxy) is 1. The summed E-state index contributed by atoms with van der Waals surface area (Å²) in [6.45, 7) is 2.57. The smallest absolute Gasteiger partial charge is 0.128 e. The van der Waals surface area contributed by atoms with Crippen molar-refractivity contribution >= 4 is 11.6 Å². The third-order valence-electron chi connectivity index (χ3n) is 3.43. The van der Waals surface area contributed by atoms with Crippen molar-refractivity contribution in [2.75, 3.05) is 26.8 Å². The second kappa shape index (κ2) is 5.57. The van der Waals surface area contributed by atoms with Gasteiger partial charge in [-0.05, 0) is 7.05 Å². The highest BCUT2D eigenvalue weighted by atomic mass is 35.5. The average Bonchev–Trinajstić information content (AvgIpc) is 2.61. The van der Waals surface area contributed by atoms with Crippen LogP contribution in [0.1, 0.15) is 18.7 Å². The summed E-state index contributed by atoms with van der Waals surface area (Å²) in [6, 6.07) is 0. The molecule has 0 aromatic carbocycles. The standard InChI is InChI=1S/C12H20ClN3O2/c1-15(8-11-14-7-10(13)16(11)2)9-12(17)3-5-18-6-4-12/h7,17H,3-6,8-9H2,1-2H3. The van der Waals surface area contributed by atoms with E-state index >= 15 is 0 Å². The van der Waals surface area contributed by atoms with Gasteiger partial charge in [0.05, 0.1) is 18.3 Å². The summed E-state index contributed by atoms with van der Waals surface area (Å²) in [7, 11) is 3.87. The van der Waals surface area contributed by atoms with Gasteiger partial charge in [0.2, 0.25) is 0 Å². The topological polar surface area (TPSA) is 50.5 Å². The molecule has 0 bridgehead atoms. The number of nitrogens with zero attached hydrogens (tertiary/aromatic N) is 3. The van der Waals surface area contributed by atoms with Crippen LogP contribution in [-0.4, -0.2) is 52.0 Å². The average molecular weight is 274 g/mol. The van der Waals surface area contributed by atoms with E-state index in [1.807, 2.05) is 18.7 Å². The molecule has 0 saturated carbocycles. The van der Waals surface area contributed by atoms with Crippen LogP contribution in [0.2, 0.25) is 5.15 Å². The highest BCUT2D eigenvalue weighted by Gasteiger charge is 2.31. The molecule has 102 valence electrons. The molecule has 6 heteroatoms. The first kappa shape index (κ1) is 13.8. The second-order valence-electron chi connectivity index (χ2n) is 5.07. The van der Waals surface area contributed by atoms with Crippen molar-refractivity contribution in [1.29, 1.82) is 0 Å². The number of rotatable bonds is 4. The van der Waals surface area contributed by atoms with Crippen LogP contribution in [0.15, 0.2) is 6.20 Å². The number of hydrogen-bond acceptors (Lipinski definition) is 4. The molecule has 0 atom stereocenters. The third kappa shape index (κ3) is 3.23. The molecule has 1 aromatic rings. The van der Waals surface area contributed by atoms with E-state index in [9.17, 15) is 5.11 Å². The predicted octanol–water partition coefficient (Wildman–Crippen LogP) is 1.05. The van der Waals surface area contributed by atoms with E-state index < -0.39 is 5.60 Å². The Morgan fingerprint density at radius 1 is 1.56 bits per heavy atom. The van der Waals surface area contributed by atoms with Crippen molar-refractivity contribution in [2.45, 2.75) is 25.0 Å². The lowest BCUT2D eigenvalue weighted by atomic mass is 9.94. The molecule has 1 aliphatic rings. The van der Waals surface area contributed by atoms with E-state index in [-0.39, 0.29) is 0 Å². The third-order valence-corrected chi connectivity index (χ3v) is 3.78. The number of halogens is 1. The van der Waals surface area contributed by atoms with Crippen molar-refractivity contribution in [3.05, 3.63) is 17.2 Å². The van der Waals surface area contributed by atoms with Crippen molar-refractivity contribution < 1.29 is 9.84 Å². The van der Waals surface area contributed by atoms with Gasteiger partial charge in [0.1, 0.15) is 11.0 Å². The summed E-state index contributed by atoms with van der Waals surface area (Å²) >= 11 is 5.95. The maximum absolute atomic E-state index is 10.4. The van der Waals surface area contributed by atoms with Crippen molar-refractivity contribution in [3.8, 4) is 0 Å². The molecule has 1 aliphatic heterocycles. The Hall–Kier alpha value is -0.620. The number of aliphatic hydroxyl groups is 1. The molecule has 0 unspecified atom stereocenters. The van der Waals surface area contributed by atoms with Crippen LogP contribution in [0.3, 0.4) is 0 Å².